The number of alkyl carbamates (subject to hydrolysis) is 1. The summed E-state index contributed by atoms with van der Waals surface area (Å²) in [6, 6.07) is 18.7. The summed E-state index contributed by atoms with van der Waals surface area (Å²) in [6.45, 7) is 4.21. The lowest BCUT2D eigenvalue weighted by atomic mass is 9.84. The summed E-state index contributed by atoms with van der Waals surface area (Å²) < 4.78 is 5.33. The normalized spacial score (nSPS) is 12.8. The van der Waals surface area contributed by atoms with E-state index in [0.29, 0.717) is 0 Å². The van der Waals surface area contributed by atoms with E-state index >= 15 is 0 Å². The van der Waals surface area contributed by atoms with Crippen molar-refractivity contribution < 1.29 is 14.3 Å². The van der Waals surface area contributed by atoms with Crippen LogP contribution in [0.4, 0.5) is 4.79 Å². The van der Waals surface area contributed by atoms with Gasteiger partial charge in [-0.1, -0.05) is 74.5 Å². The molecule has 0 aliphatic rings. The lowest BCUT2D eigenvalue weighted by molar-refractivity contribution is 0.131. The molecule has 2 aromatic carbocycles. The Morgan fingerprint density at radius 3 is 2.24 bits per heavy atom. The number of ether oxygens (including phenoxy) is 1. The maximum Gasteiger partial charge on any atom is 0.407 e. The Balaban J connectivity index is 2.12. The van der Waals surface area contributed by atoms with Gasteiger partial charge in [-0.05, 0) is 17.0 Å². The van der Waals surface area contributed by atoms with Gasteiger partial charge in [-0.25, -0.2) is 9.59 Å². The van der Waals surface area contributed by atoms with Crippen molar-refractivity contribution in [3.63, 3.8) is 0 Å². The molecule has 0 aliphatic carbocycles. The Kier molecular flexibility index (Phi) is 7.00. The highest BCUT2D eigenvalue weighted by atomic mass is 16.5. The molecule has 2 rings (SSSR count). The third kappa shape index (κ3) is 5.63. The summed E-state index contributed by atoms with van der Waals surface area (Å²) in [5.74, 6) is 1.84. The van der Waals surface area contributed by atoms with Crippen LogP contribution in [0.2, 0.25) is 0 Å². The molecule has 4 nitrogen and oxygen atoms in total. The van der Waals surface area contributed by atoms with E-state index in [-0.39, 0.29) is 24.5 Å². The monoisotopic (exact) mass is 337 g/mol. The number of benzene rings is 2. The molecule has 1 amide bonds. The van der Waals surface area contributed by atoms with Crippen molar-refractivity contribution >= 4 is 12.0 Å². The van der Waals surface area contributed by atoms with E-state index in [1.807, 2.05) is 80.5 Å². The number of rotatable bonds is 7. The second kappa shape index (κ2) is 9.45. The van der Waals surface area contributed by atoms with Crippen LogP contribution in [0.5, 0.6) is 0 Å². The molecular weight excluding hydrogens is 314 g/mol. The second-order valence-electron chi connectivity index (χ2n) is 6.20. The van der Waals surface area contributed by atoms with Crippen molar-refractivity contribution in [3.8, 4) is 0 Å². The fourth-order valence-electron chi connectivity index (χ4n) is 2.71. The van der Waals surface area contributed by atoms with Crippen LogP contribution < -0.4 is 5.32 Å². The first-order valence-corrected chi connectivity index (χ1v) is 8.35. The Labute approximate surface area is 148 Å². The van der Waals surface area contributed by atoms with Gasteiger partial charge in [0.15, 0.2) is 0 Å². The molecule has 130 valence electrons. The molecule has 1 N–H and O–H groups in total. The standard InChI is InChI=1S/C21H23NO3/c1-16(2)19(13-14-23)20(18-11-7-4-8-12-18)22-21(24)25-15-17-9-5-3-6-10-17/h3-13,16,19-20H,15H2,1-2H3,(H,22,24)/t19-,20+/m1/s1. The van der Waals surface area contributed by atoms with Gasteiger partial charge in [-0.15, -0.1) is 0 Å². The van der Waals surface area contributed by atoms with Gasteiger partial charge in [0.1, 0.15) is 12.5 Å². The minimum Gasteiger partial charge on any atom is -0.445 e. The van der Waals surface area contributed by atoms with Crippen molar-refractivity contribution in [1.29, 1.82) is 0 Å². The van der Waals surface area contributed by atoms with Gasteiger partial charge in [-0.3, -0.25) is 0 Å². The summed E-state index contributed by atoms with van der Waals surface area (Å²) in [6.07, 6.45) is 0.961. The Hall–Kier alpha value is -2.84. The molecule has 4 heteroatoms. The first-order valence-electron chi connectivity index (χ1n) is 8.35. The van der Waals surface area contributed by atoms with E-state index < -0.39 is 6.09 Å². The zero-order chi connectivity index (χ0) is 18.1. The van der Waals surface area contributed by atoms with Gasteiger partial charge in [0.05, 0.1) is 6.04 Å². The molecular formula is C21H23NO3. The van der Waals surface area contributed by atoms with Crippen molar-refractivity contribution in [2.24, 2.45) is 11.8 Å². The SMILES string of the molecule is CC(C)[C@@H](C=C=O)[C@@H](NC(=O)OCc1ccccc1)c1ccccc1. The molecule has 25 heavy (non-hydrogen) atoms. The minimum atomic E-state index is -0.511. The summed E-state index contributed by atoms with van der Waals surface area (Å²) >= 11 is 0. The quantitative estimate of drug-likeness (QED) is 0.766. The maximum absolute atomic E-state index is 12.3. The van der Waals surface area contributed by atoms with Crippen molar-refractivity contribution in [2.45, 2.75) is 26.5 Å². The molecule has 0 unspecified atom stereocenters. The van der Waals surface area contributed by atoms with Crippen molar-refractivity contribution in [1.82, 2.24) is 5.32 Å². The van der Waals surface area contributed by atoms with E-state index in [4.69, 9.17) is 4.74 Å². The third-order valence-corrected chi connectivity index (χ3v) is 4.06. The fraction of sp³-hybridized carbons (Fsp3) is 0.286. The van der Waals surface area contributed by atoms with E-state index in [2.05, 4.69) is 5.32 Å². The smallest absolute Gasteiger partial charge is 0.407 e. The maximum atomic E-state index is 12.3. The number of carbonyl (C=O) groups excluding carboxylic acids is 2. The van der Waals surface area contributed by atoms with E-state index in [9.17, 15) is 9.59 Å². The summed E-state index contributed by atoms with van der Waals surface area (Å²) in [5.41, 5.74) is 1.84. The van der Waals surface area contributed by atoms with Gasteiger partial charge in [0.25, 0.3) is 0 Å². The molecule has 0 heterocycles. The highest BCUT2D eigenvalue weighted by molar-refractivity contribution is 5.68. The van der Waals surface area contributed by atoms with Crippen LogP contribution in [0.1, 0.15) is 31.0 Å². The molecule has 0 fully saturated rings. The second-order valence-corrected chi connectivity index (χ2v) is 6.20. The lowest BCUT2D eigenvalue weighted by Gasteiger charge is -2.28. The minimum absolute atomic E-state index is 0.154. The summed E-state index contributed by atoms with van der Waals surface area (Å²) in [5, 5.41) is 2.90. The zero-order valence-electron chi connectivity index (χ0n) is 14.5. The average Bonchev–Trinajstić information content (AvgIpc) is 2.64. The van der Waals surface area contributed by atoms with Gasteiger partial charge in [0, 0.05) is 12.0 Å². The number of carbonyl (C=O) groups is 1. The molecule has 0 saturated carbocycles. The van der Waals surface area contributed by atoms with E-state index in [0.717, 1.165) is 11.1 Å². The largest absolute Gasteiger partial charge is 0.445 e. The van der Waals surface area contributed by atoms with Crippen LogP contribution in [-0.2, 0) is 16.1 Å². The number of amides is 1. The molecule has 2 atom stereocenters. The van der Waals surface area contributed by atoms with Gasteiger partial charge >= 0.3 is 6.09 Å². The first-order chi connectivity index (χ1) is 12.1. The Morgan fingerprint density at radius 2 is 1.68 bits per heavy atom. The van der Waals surface area contributed by atoms with Crippen molar-refractivity contribution in [3.05, 3.63) is 77.9 Å². The molecule has 0 bridgehead atoms. The van der Waals surface area contributed by atoms with Gasteiger partial charge < -0.3 is 10.1 Å². The molecule has 2 aromatic rings. The molecule has 0 radical (unpaired) electrons. The van der Waals surface area contributed by atoms with Gasteiger partial charge in [0.2, 0.25) is 0 Å². The molecule has 0 saturated heterocycles. The zero-order valence-corrected chi connectivity index (χ0v) is 14.5. The van der Waals surface area contributed by atoms with Crippen LogP contribution in [0.3, 0.4) is 0 Å². The summed E-state index contributed by atoms with van der Waals surface area (Å²) in [4.78, 5) is 23.2. The van der Waals surface area contributed by atoms with Crippen LogP contribution in [0.25, 0.3) is 0 Å². The fourth-order valence-corrected chi connectivity index (χ4v) is 2.71. The Morgan fingerprint density at radius 1 is 1.08 bits per heavy atom. The molecule has 0 aromatic heterocycles. The predicted molar refractivity (Wildman–Crippen MR) is 97.5 cm³/mol. The number of hydrogen-bond donors (Lipinski definition) is 1. The van der Waals surface area contributed by atoms with Crippen LogP contribution in [0.15, 0.2) is 66.7 Å². The van der Waals surface area contributed by atoms with E-state index in [1.165, 1.54) is 6.08 Å². The molecule has 0 aliphatic heterocycles. The highest BCUT2D eigenvalue weighted by Gasteiger charge is 2.26. The van der Waals surface area contributed by atoms with Crippen LogP contribution in [-0.4, -0.2) is 12.0 Å². The summed E-state index contributed by atoms with van der Waals surface area (Å²) in [7, 11) is 0. The third-order valence-electron chi connectivity index (χ3n) is 4.06. The number of hydrogen-bond acceptors (Lipinski definition) is 3. The number of nitrogens with one attached hydrogen (secondary N) is 1. The first kappa shape index (κ1) is 18.5. The predicted octanol–water partition coefficient (Wildman–Crippen LogP) is 4.31. The van der Waals surface area contributed by atoms with Crippen molar-refractivity contribution in [2.75, 3.05) is 0 Å². The van der Waals surface area contributed by atoms with E-state index in [1.54, 1.807) is 0 Å². The van der Waals surface area contributed by atoms with Gasteiger partial charge in [-0.2, -0.15) is 0 Å². The lowest BCUT2D eigenvalue weighted by Crippen LogP contribution is -2.35. The van der Waals surface area contributed by atoms with Crippen LogP contribution in [0, 0.1) is 11.8 Å². The average molecular weight is 337 g/mol. The Bertz CT molecular complexity index is 706. The highest BCUT2D eigenvalue weighted by Crippen LogP contribution is 2.29. The topological polar surface area (TPSA) is 55.4 Å². The van der Waals surface area contributed by atoms with Crippen LogP contribution >= 0.6 is 0 Å². The molecule has 0 spiro atoms.